The monoisotopic (exact) mass is 318 g/mol. The molecule has 0 aromatic heterocycles. The van der Waals surface area contributed by atoms with Crippen molar-refractivity contribution in [1.82, 2.24) is 9.80 Å². The van der Waals surface area contributed by atoms with Gasteiger partial charge in [-0.1, -0.05) is 0 Å². The summed E-state index contributed by atoms with van der Waals surface area (Å²) in [4.78, 5) is 16.5. The number of carbonyl (C=O) groups excluding carboxylic acids is 1. The van der Waals surface area contributed by atoms with Crippen LogP contribution in [0.5, 0.6) is 11.5 Å². The maximum Gasteiger partial charge on any atom is 0.246 e. The van der Waals surface area contributed by atoms with Gasteiger partial charge in [0.05, 0.1) is 14.2 Å². The molecule has 5 heteroatoms. The second kappa shape index (κ2) is 8.02. The molecule has 1 aromatic carbocycles. The first kappa shape index (κ1) is 17.3. The van der Waals surface area contributed by atoms with E-state index < -0.39 is 0 Å². The number of likely N-dealkylation sites (tertiary alicyclic amines) is 1. The first-order valence-corrected chi connectivity index (χ1v) is 7.90. The normalized spacial score (nSPS) is 16.5. The van der Waals surface area contributed by atoms with E-state index in [1.807, 2.05) is 30.1 Å². The minimum atomic E-state index is 0.0180. The highest BCUT2D eigenvalue weighted by Gasteiger charge is 2.22. The molecule has 23 heavy (non-hydrogen) atoms. The highest BCUT2D eigenvalue weighted by atomic mass is 16.5. The maximum atomic E-state index is 12.4. The van der Waals surface area contributed by atoms with Crippen molar-refractivity contribution in [1.29, 1.82) is 0 Å². The zero-order valence-corrected chi connectivity index (χ0v) is 14.4. The number of nitrogens with zero attached hydrogens (tertiary/aromatic N) is 2. The number of piperidine rings is 1. The van der Waals surface area contributed by atoms with E-state index in [0.717, 1.165) is 43.0 Å². The number of likely N-dealkylation sites (N-methyl/N-ethyl adjacent to an activating group) is 1. The summed E-state index contributed by atoms with van der Waals surface area (Å²) < 4.78 is 10.6. The molecule has 2 rings (SSSR count). The Bertz CT molecular complexity index is 563. The molecule has 1 aliphatic rings. The molecule has 0 N–H and O–H groups in total. The van der Waals surface area contributed by atoms with Crippen LogP contribution in [0.1, 0.15) is 18.4 Å². The van der Waals surface area contributed by atoms with Gasteiger partial charge in [0.25, 0.3) is 0 Å². The number of ether oxygens (including phenoxy) is 2. The third kappa shape index (κ3) is 4.48. The van der Waals surface area contributed by atoms with Crippen LogP contribution < -0.4 is 9.47 Å². The first-order valence-electron chi connectivity index (χ1n) is 7.90. The molecule has 0 saturated carbocycles. The predicted octanol–water partition coefficient (Wildman–Crippen LogP) is 2.27. The molecule has 0 aliphatic carbocycles. The van der Waals surface area contributed by atoms with E-state index in [1.54, 1.807) is 26.4 Å². The van der Waals surface area contributed by atoms with Crippen LogP contribution in [0.2, 0.25) is 0 Å². The van der Waals surface area contributed by atoms with E-state index in [1.165, 1.54) is 0 Å². The molecule has 1 heterocycles. The molecule has 0 spiro atoms. The van der Waals surface area contributed by atoms with Crippen LogP contribution in [0, 0.1) is 0 Å². The Hall–Kier alpha value is -2.01. The van der Waals surface area contributed by atoms with Gasteiger partial charge in [-0.3, -0.25) is 4.79 Å². The number of amides is 1. The second-order valence-corrected chi connectivity index (χ2v) is 5.92. The van der Waals surface area contributed by atoms with Crippen molar-refractivity contribution in [3.8, 4) is 11.5 Å². The molecule has 126 valence electrons. The maximum absolute atomic E-state index is 12.4. The number of benzene rings is 1. The van der Waals surface area contributed by atoms with Gasteiger partial charge in [0.15, 0.2) is 0 Å². The highest BCUT2D eigenvalue weighted by Crippen LogP contribution is 2.25. The second-order valence-electron chi connectivity index (χ2n) is 5.92. The summed E-state index contributed by atoms with van der Waals surface area (Å²) in [5.41, 5.74) is 0.831. The van der Waals surface area contributed by atoms with E-state index >= 15 is 0 Å². The summed E-state index contributed by atoms with van der Waals surface area (Å²) in [6.07, 6.45) is 5.44. The Morgan fingerprint density at radius 3 is 2.57 bits per heavy atom. The molecule has 1 aromatic rings. The molecule has 1 saturated heterocycles. The molecular formula is C18H26N2O3. The molecule has 0 bridgehead atoms. The molecule has 5 nitrogen and oxygen atoms in total. The largest absolute Gasteiger partial charge is 0.497 e. The number of hydrogen-bond acceptors (Lipinski definition) is 4. The van der Waals surface area contributed by atoms with Gasteiger partial charge in [-0.05, 0) is 57.3 Å². The lowest BCUT2D eigenvalue weighted by Gasteiger charge is -2.34. The number of carbonyl (C=O) groups is 1. The zero-order chi connectivity index (χ0) is 16.8. The third-order valence-corrected chi connectivity index (χ3v) is 4.43. The van der Waals surface area contributed by atoms with Gasteiger partial charge < -0.3 is 19.3 Å². The Labute approximate surface area is 138 Å². The van der Waals surface area contributed by atoms with Gasteiger partial charge in [-0.25, -0.2) is 0 Å². The van der Waals surface area contributed by atoms with Gasteiger partial charge >= 0.3 is 0 Å². The molecule has 1 aliphatic heterocycles. The average Bonchev–Trinajstić information content (AvgIpc) is 2.59. The van der Waals surface area contributed by atoms with Crippen LogP contribution in [0.15, 0.2) is 24.3 Å². The minimum Gasteiger partial charge on any atom is -0.497 e. The Balaban J connectivity index is 2.05. The Morgan fingerprint density at radius 1 is 1.26 bits per heavy atom. The van der Waals surface area contributed by atoms with Gasteiger partial charge in [0, 0.05) is 24.7 Å². The van der Waals surface area contributed by atoms with Crippen LogP contribution in [0.3, 0.4) is 0 Å². The Morgan fingerprint density at radius 2 is 1.96 bits per heavy atom. The number of methoxy groups -OCH3 is 2. The fourth-order valence-corrected chi connectivity index (χ4v) is 2.81. The van der Waals surface area contributed by atoms with E-state index in [0.29, 0.717) is 6.04 Å². The molecule has 0 atom stereocenters. The van der Waals surface area contributed by atoms with E-state index in [-0.39, 0.29) is 5.91 Å². The van der Waals surface area contributed by atoms with Crippen molar-refractivity contribution >= 4 is 12.0 Å². The fraction of sp³-hybridized carbons (Fsp3) is 0.500. The fourth-order valence-electron chi connectivity index (χ4n) is 2.81. The highest BCUT2D eigenvalue weighted by molar-refractivity contribution is 5.92. The van der Waals surface area contributed by atoms with Gasteiger partial charge in [0.1, 0.15) is 11.5 Å². The zero-order valence-electron chi connectivity index (χ0n) is 14.4. The molecule has 0 radical (unpaired) electrons. The predicted molar refractivity (Wildman–Crippen MR) is 91.9 cm³/mol. The summed E-state index contributed by atoms with van der Waals surface area (Å²) >= 11 is 0. The molecule has 1 fully saturated rings. The van der Waals surface area contributed by atoms with Gasteiger partial charge in [0.2, 0.25) is 5.91 Å². The standard InChI is InChI=1S/C18H26N2O3/c1-19-11-9-15(10-12-19)20(2)18(21)8-5-14-13-16(22-3)6-7-17(14)23-4/h5-8,13,15H,9-12H2,1-4H3/b8-5+. The third-order valence-electron chi connectivity index (χ3n) is 4.43. The summed E-state index contributed by atoms with van der Waals surface area (Å²) in [5.74, 6) is 1.47. The summed E-state index contributed by atoms with van der Waals surface area (Å²) in [6.45, 7) is 2.07. The van der Waals surface area contributed by atoms with Crippen molar-refractivity contribution in [2.45, 2.75) is 18.9 Å². The van der Waals surface area contributed by atoms with Crippen LogP contribution in [0.25, 0.3) is 6.08 Å². The van der Waals surface area contributed by atoms with Crippen LogP contribution in [-0.4, -0.2) is 63.2 Å². The lowest BCUT2D eigenvalue weighted by Crippen LogP contribution is -2.43. The Kier molecular flexibility index (Phi) is 6.04. The van der Waals surface area contributed by atoms with Crippen LogP contribution >= 0.6 is 0 Å². The molecule has 0 unspecified atom stereocenters. The van der Waals surface area contributed by atoms with E-state index in [2.05, 4.69) is 11.9 Å². The first-order chi connectivity index (χ1) is 11.0. The van der Waals surface area contributed by atoms with Crippen LogP contribution in [-0.2, 0) is 4.79 Å². The van der Waals surface area contributed by atoms with Crippen LogP contribution in [0.4, 0.5) is 0 Å². The van der Waals surface area contributed by atoms with Gasteiger partial charge in [-0.15, -0.1) is 0 Å². The van der Waals surface area contributed by atoms with Crippen molar-refractivity contribution < 1.29 is 14.3 Å². The molecule has 1 amide bonds. The summed E-state index contributed by atoms with van der Waals surface area (Å²) in [7, 11) is 7.23. The summed E-state index contributed by atoms with van der Waals surface area (Å²) in [5, 5.41) is 0. The minimum absolute atomic E-state index is 0.0180. The quantitative estimate of drug-likeness (QED) is 0.781. The molecular weight excluding hydrogens is 292 g/mol. The summed E-state index contributed by atoms with van der Waals surface area (Å²) in [6, 6.07) is 5.85. The number of hydrogen-bond donors (Lipinski definition) is 0. The smallest absolute Gasteiger partial charge is 0.246 e. The van der Waals surface area contributed by atoms with Crippen molar-refractivity contribution in [3.05, 3.63) is 29.8 Å². The lowest BCUT2D eigenvalue weighted by atomic mass is 10.0. The number of rotatable bonds is 5. The average molecular weight is 318 g/mol. The van der Waals surface area contributed by atoms with Gasteiger partial charge in [-0.2, -0.15) is 0 Å². The van der Waals surface area contributed by atoms with E-state index in [9.17, 15) is 4.79 Å². The SMILES string of the molecule is COc1ccc(OC)c(/C=C/C(=O)N(C)C2CCN(C)CC2)c1. The van der Waals surface area contributed by atoms with Crippen molar-refractivity contribution in [2.75, 3.05) is 41.4 Å². The van der Waals surface area contributed by atoms with Crippen molar-refractivity contribution in [3.63, 3.8) is 0 Å². The lowest BCUT2D eigenvalue weighted by molar-refractivity contribution is -0.127. The topological polar surface area (TPSA) is 42.0 Å². The van der Waals surface area contributed by atoms with Crippen molar-refractivity contribution in [2.24, 2.45) is 0 Å². The van der Waals surface area contributed by atoms with E-state index in [4.69, 9.17) is 9.47 Å².